The van der Waals surface area contributed by atoms with Crippen LogP contribution in [0.2, 0.25) is 0 Å². The van der Waals surface area contributed by atoms with Gasteiger partial charge in [0, 0.05) is 24.2 Å². The van der Waals surface area contributed by atoms with Crippen LogP contribution in [0.5, 0.6) is 11.5 Å². The van der Waals surface area contributed by atoms with E-state index in [0.717, 1.165) is 17.1 Å². The van der Waals surface area contributed by atoms with Gasteiger partial charge in [0.05, 0.1) is 32.1 Å². The molecule has 0 bridgehead atoms. The summed E-state index contributed by atoms with van der Waals surface area (Å²) in [6.07, 6.45) is 1.65. The summed E-state index contributed by atoms with van der Waals surface area (Å²) in [7, 11) is 3.23. The van der Waals surface area contributed by atoms with Crippen molar-refractivity contribution in [2.24, 2.45) is 0 Å². The van der Waals surface area contributed by atoms with Crippen molar-refractivity contribution in [3.63, 3.8) is 0 Å². The highest BCUT2D eigenvalue weighted by molar-refractivity contribution is 5.45. The second kappa shape index (κ2) is 6.98. The van der Waals surface area contributed by atoms with Gasteiger partial charge in [-0.1, -0.05) is 0 Å². The van der Waals surface area contributed by atoms with Crippen molar-refractivity contribution in [2.75, 3.05) is 19.5 Å². The van der Waals surface area contributed by atoms with E-state index in [9.17, 15) is 4.79 Å². The van der Waals surface area contributed by atoms with Gasteiger partial charge in [0.15, 0.2) is 0 Å². The molecule has 0 aliphatic rings. The zero-order valence-corrected chi connectivity index (χ0v) is 13.3. The minimum Gasteiger partial charge on any atom is -0.497 e. The lowest BCUT2D eigenvalue weighted by atomic mass is 10.2. The van der Waals surface area contributed by atoms with Gasteiger partial charge in [-0.2, -0.15) is 5.10 Å². The summed E-state index contributed by atoms with van der Waals surface area (Å²) in [6.45, 7) is 4.37. The monoisotopic (exact) mass is 303 g/mol. The van der Waals surface area contributed by atoms with Crippen LogP contribution in [0, 0.1) is 0 Å². The van der Waals surface area contributed by atoms with Gasteiger partial charge in [0.1, 0.15) is 11.5 Å². The molecule has 1 N–H and O–H groups in total. The van der Waals surface area contributed by atoms with Crippen molar-refractivity contribution in [1.29, 1.82) is 0 Å². The number of hydrogen-bond acceptors (Lipinski definition) is 5. The SMILES string of the molecule is COc1ccc(CNc2cnn(C(C)C)c(=O)c2)c(OC)c1. The Morgan fingerprint density at radius 1 is 1.23 bits per heavy atom. The van der Waals surface area contributed by atoms with Gasteiger partial charge in [-0.3, -0.25) is 4.79 Å². The van der Waals surface area contributed by atoms with Crippen molar-refractivity contribution in [3.8, 4) is 11.5 Å². The Hall–Kier alpha value is -2.50. The normalized spacial score (nSPS) is 10.6. The Kier molecular flexibility index (Phi) is 5.04. The number of aromatic nitrogens is 2. The van der Waals surface area contributed by atoms with Crippen LogP contribution in [0.25, 0.3) is 0 Å². The first-order chi connectivity index (χ1) is 10.5. The van der Waals surface area contributed by atoms with Gasteiger partial charge >= 0.3 is 0 Å². The van der Waals surface area contributed by atoms with E-state index in [2.05, 4.69) is 10.4 Å². The predicted molar refractivity (Wildman–Crippen MR) is 85.8 cm³/mol. The van der Waals surface area contributed by atoms with E-state index >= 15 is 0 Å². The molecule has 0 atom stereocenters. The summed E-state index contributed by atoms with van der Waals surface area (Å²) in [5.41, 5.74) is 1.53. The molecule has 1 heterocycles. The summed E-state index contributed by atoms with van der Waals surface area (Å²) in [5, 5.41) is 7.33. The average molecular weight is 303 g/mol. The molecule has 0 spiro atoms. The molecule has 6 heteroatoms. The van der Waals surface area contributed by atoms with E-state index in [1.165, 1.54) is 4.68 Å². The van der Waals surface area contributed by atoms with Crippen LogP contribution in [0.3, 0.4) is 0 Å². The summed E-state index contributed by atoms with van der Waals surface area (Å²) < 4.78 is 12.0. The maximum absolute atomic E-state index is 11.9. The first-order valence-electron chi connectivity index (χ1n) is 7.08. The minimum absolute atomic E-state index is 0.0447. The molecule has 118 valence electrons. The average Bonchev–Trinajstić information content (AvgIpc) is 2.52. The van der Waals surface area contributed by atoms with E-state index in [-0.39, 0.29) is 11.6 Å². The number of nitrogens with zero attached hydrogens (tertiary/aromatic N) is 2. The van der Waals surface area contributed by atoms with E-state index in [0.29, 0.717) is 12.2 Å². The predicted octanol–water partition coefficient (Wildman–Crippen LogP) is 2.45. The molecule has 0 aliphatic carbocycles. The third kappa shape index (κ3) is 3.58. The van der Waals surface area contributed by atoms with Gasteiger partial charge in [-0.25, -0.2) is 4.68 Å². The molecule has 1 aromatic carbocycles. The fourth-order valence-corrected chi connectivity index (χ4v) is 2.10. The lowest BCUT2D eigenvalue weighted by Crippen LogP contribution is -2.24. The third-order valence-electron chi connectivity index (χ3n) is 3.29. The highest BCUT2D eigenvalue weighted by atomic mass is 16.5. The molecular weight excluding hydrogens is 282 g/mol. The Labute approximate surface area is 129 Å². The van der Waals surface area contributed by atoms with Crippen LogP contribution < -0.4 is 20.3 Å². The molecule has 1 aromatic heterocycles. The summed E-state index contributed by atoms with van der Waals surface area (Å²) in [4.78, 5) is 11.9. The maximum atomic E-state index is 11.9. The summed E-state index contributed by atoms with van der Waals surface area (Å²) in [6, 6.07) is 7.21. The zero-order chi connectivity index (χ0) is 16.1. The lowest BCUT2D eigenvalue weighted by Gasteiger charge is -2.13. The van der Waals surface area contributed by atoms with Crippen molar-refractivity contribution in [2.45, 2.75) is 26.4 Å². The van der Waals surface area contributed by atoms with Crippen LogP contribution >= 0.6 is 0 Å². The van der Waals surface area contributed by atoms with Gasteiger partial charge in [-0.05, 0) is 26.0 Å². The van der Waals surface area contributed by atoms with Crippen molar-refractivity contribution in [1.82, 2.24) is 9.78 Å². The maximum Gasteiger partial charge on any atom is 0.269 e. The number of anilines is 1. The first kappa shape index (κ1) is 15.9. The molecule has 0 radical (unpaired) electrons. The fourth-order valence-electron chi connectivity index (χ4n) is 2.10. The minimum atomic E-state index is -0.123. The van der Waals surface area contributed by atoms with Gasteiger partial charge in [0.25, 0.3) is 5.56 Å². The fraction of sp³-hybridized carbons (Fsp3) is 0.375. The molecule has 0 amide bonds. The van der Waals surface area contributed by atoms with Crippen LogP contribution in [0.4, 0.5) is 5.69 Å². The molecule has 0 unspecified atom stereocenters. The number of benzene rings is 1. The molecule has 0 fully saturated rings. The van der Waals surface area contributed by atoms with E-state index in [1.807, 2.05) is 32.0 Å². The third-order valence-corrected chi connectivity index (χ3v) is 3.29. The smallest absolute Gasteiger partial charge is 0.269 e. The van der Waals surface area contributed by atoms with Crippen molar-refractivity contribution >= 4 is 5.69 Å². The van der Waals surface area contributed by atoms with E-state index < -0.39 is 0 Å². The highest BCUT2D eigenvalue weighted by Crippen LogP contribution is 2.25. The van der Waals surface area contributed by atoms with Crippen molar-refractivity contribution < 1.29 is 9.47 Å². The van der Waals surface area contributed by atoms with Gasteiger partial charge in [-0.15, -0.1) is 0 Å². The highest BCUT2D eigenvalue weighted by Gasteiger charge is 2.07. The van der Waals surface area contributed by atoms with E-state index in [4.69, 9.17) is 9.47 Å². The standard InChI is InChI=1S/C16H21N3O3/c1-11(2)19-16(20)7-13(10-18-19)17-9-12-5-6-14(21-3)8-15(12)22-4/h5-8,10-11,17H,9H2,1-4H3. The molecular formula is C16H21N3O3. The van der Waals surface area contributed by atoms with Crippen LogP contribution in [-0.2, 0) is 6.54 Å². The molecule has 2 rings (SSSR count). The molecule has 2 aromatic rings. The topological polar surface area (TPSA) is 65.4 Å². The number of ether oxygens (including phenoxy) is 2. The second-order valence-electron chi connectivity index (χ2n) is 5.15. The molecule has 0 saturated heterocycles. The number of rotatable bonds is 6. The summed E-state index contributed by atoms with van der Waals surface area (Å²) >= 11 is 0. The van der Waals surface area contributed by atoms with Crippen LogP contribution in [0.15, 0.2) is 35.3 Å². The molecule has 22 heavy (non-hydrogen) atoms. The second-order valence-corrected chi connectivity index (χ2v) is 5.15. The Bertz CT molecular complexity index is 695. The zero-order valence-electron chi connectivity index (χ0n) is 13.3. The van der Waals surface area contributed by atoms with E-state index in [1.54, 1.807) is 26.5 Å². The van der Waals surface area contributed by atoms with Gasteiger partial charge < -0.3 is 14.8 Å². The Morgan fingerprint density at radius 2 is 2.00 bits per heavy atom. The van der Waals surface area contributed by atoms with Crippen molar-refractivity contribution in [3.05, 3.63) is 46.4 Å². The number of methoxy groups -OCH3 is 2. The Balaban J connectivity index is 2.13. The quantitative estimate of drug-likeness (QED) is 0.888. The van der Waals surface area contributed by atoms with Gasteiger partial charge in [0.2, 0.25) is 0 Å². The largest absolute Gasteiger partial charge is 0.497 e. The van der Waals surface area contributed by atoms with Crippen LogP contribution in [0.1, 0.15) is 25.5 Å². The lowest BCUT2D eigenvalue weighted by molar-refractivity contribution is 0.391. The molecule has 6 nitrogen and oxygen atoms in total. The number of hydrogen-bond donors (Lipinski definition) is 1. The molecule has 0 aliphatic heterocycles. The Morgan fingerprint density at radius 3 is 2.59 bits per heavy atom. The molecule has 0 saturated carbocycles. The number of nitrogens with one attached hydrogen (secondary N) is 1. The summed E-state index contributed by atoms with van der Waals surface area (Å²) in [5.74, 6) is 1.47. The first-order valence-corrected chi connectivity index (χ1v) is 7.08. The van der Waals surface area contributed by atoms with Crippen LogP contribution in [-0.4, -0.2) is 24.0 Å².